The largest absolute Gasteiger partial charge is 0.392 e. The summed E-state index contributed by atoms with van der Waals surface area (Å²) < 4.78 is 0. The van der Waals surface area contributed by atoms with Gasteiger partial charge in [0.25, 0.3) is 0 Å². The number of benzene rings is 1. The maximum absolute atomic E-state index is 11.9. The summed E-state index contributed by atoms with van der Waals surface area (Å²) >= 11 is 0. The lowest BCUT2D eigenvalue weighted by molar-refractivity contribution is -0.116. The van der Waals surface area contributed by atoms with Gasteiger partial charge >= 0.3 is 0 Å². The van der Waals surface area contributed by atoms with Crippen LogP contribution in [0, 0.1) is 17.8 Å². The van der Waals surface area contributed by atoms with Crippen LogP contribution in [0.3, 0.4) is 0 Å². The van der Waals surface area contributed by atoms with E-state index in [9.17, 15) is 9.90 Å². The Morgan fingerprint density at radius 2 is 2.07 bits per heavy atom. The van der Waals surface area contributed by atoms with Crippen LogP contribution in [0.25, 0.3) is 0 Å². The summed E-state index contributed by atoms with van der Waals surface area (Å²) in [6.45, 7) is 5.48. The molecule has 1 N–H and O–H groups in total. The fraction of sp³-hybridized carbons (Fsp3) is 0.696. The summed E-state index contributed by atoms with van der Waals surface area (Å²) in [5.74, 6) is 0.608. The van der Waals surface area contributed by atoms with Crippen molar-refractivity contribution in [2.75, 3.05) is 18.5 Å². The Kier molecular flexibility index (Phi) is 3.97. The number of aldehydes is 1. The number of likely N-dealkylation sites (N-methyl/N-ethyl adjacent to an activating group) is 1. The number of aliphatic hydroxyl groups excluding tert-OH is 1. The second-order valence-electron chi connectivity index (χ2n) is 9.32. The number of aliphatic hydroxyl groups is 1. The topological polar surface area (TPSA) is 43.8 Å². The number of carbonyl (C=O) groups is 1. The molecule has 3 bridgehead atoms. The molecule has 1 aromatic carbocycles. The third-order valence-corrected chi connectivity index (χ3v) is 8.52. The lowest BCUT2D eigenvalue weighted by Crippen LogP contribution is -2.65. The molecule has 1 aromatic rings. The third-order valence-electron chi connectivity index (χ3n) is 8.52. The number of nitrogens with zero attached hydrogens (tertiary/aromatic N) is 2. The van der Waals surface area contributed by atoms with Crippen molar-refractivity contribution in [2.24, 2.45) is 17.8 Å². The first-order valence-electron chi connectivity index (χ1n) is 10.8. The first-order chi connectivity index (χ1) is 13.1. The van der Waals surface area contributed by atoms with E-state index in [0.717, 1.165) is 32.2 Å². The molecule has 8 atom stereocenters. The highest BCUT2D eigenvalue weighted by molar-refractivity contribution is 5.67. The zero-order chi connectivity index (χ0) is 18.9. The van der Waals surface area contributed by atoms with Crippen molar-refractivity contribution >= 4 is 12.0 Å². The maximum Gasteiger partial charge on any atom is 0.123 e. The van der Waals surface area contributed by atoms with Crippen molar-refractivity contribution in [2.45, 2.75) is 69.2 Å². The number of para-hydroxylation sites is 1. The van der Waals surface area contributed by atoms with Gasteiger partial charge in [0.15, 0.2) is 0 Å². The third kappa shape index (κ3) is 1.99. The molecule has 27 heavy (non-hydrogen) atoms. The van der Waals surface area contributed by atoms with Crippen LogP contribution >= 0.6 is 0 Å². The van der Waals surface area contributed by atoms with E-state index in [0.29, 0.717) is 24.0 Å². The number of rotatable bonds is 5. The molecule has 1 spiro atoms. The van der Waals surface area contributed by atoms with Crippen molar-refractivity contribution in [1.29, 1.82) is 0 Å². The minimum Gasteiger partial charge on any atom is -0.392 e. The smallest absolute Gasteiger partial charge is 0.123 e. The first-order valence-corrected chi connectivity index (χ1v) is 10.8. The summed E-state index contributed by atoms with van der Waals surface area (Å²) in [6.07, 6.45) is 4.92. The lowest BCUT2D eigenvalue weighted by Gasteiger charge is -2.55. The molecule has 3 aliphatic heterocycles. The minimum atomic E-state index is -0.357. The Morgan fingerprint density at radius 3 is 2.78 bits per heavy atom. The van der Waals surface area contributed by atoms with E-state index in [1.165, 1.54) is 17.5 Å². The minimum absolute atomic E-state index is 0.0768. The Bertz CT molecular complexity index is 752. The van der Waals surface area contributed by atoms with Crippen molar-refractivity contribution in [3.05, 3.63) is 29.8 Å². The number of hydrogen-bond donors (Lipinski definition) is 1. The van der Waals surface area contributed by atoms with Gasteiger partial charge in [0, 0.05) is 42.1 Å². The molecule has 1 saturated carbocycles. The summed E-state index contributed by atoms with van der Waals surface area (Å²) in [5.41, 5.74) is 2.48. The second-order valence-corrected chi connectivity index (χ2v) is 9.32. The number of carbonyl (C=O) groups excluding carboxylic acids is 1. The molecule has 3 fully saturated rings. The van der Waals surface area contributed by atoms with Gasteiger partial charge in [-0.1, -0.05) is 32.0 Å². The summed E-state index contributed by atoms with van der Waals surface area (Å²) in [6, 6.07) is 9.86. The van der Waals surface area contributed by atoms with Gasteiger partial charge in [-0.05, 0) is 49.8 Å². The second kappa shape index (κ2) is 6.05. The Hall–Kier alpha value is -1.39. The highest BCUT2D eigenvalue weighted by Crippen LogP contribution is 2.66. The number of fused-ring (bicyclic) bond motifs is 3. The van der Waals surface area contributed by atoms with Gasteiger partial charge in [-0.15, -0.1) is 0 Å². The van der Waals surface area contributed by atoms with Crippen LogP contribution in [-0.4, -0.2) is 54.1 Å². The van der Waals surface area contributed by atoms with Crippen LogP contribution in [0.15, 0.2) is 24.3 Å². The molecule has 0 radical (unpaired) electrons. The molecule has 0 amide bonds. The monoisotopic (exact) mass is 368 g/mol. The van der Waals surface area contributed by atoms with E-state index < -0.39 is 0 Å². The Labute approximate surface area is 162 Å². The molecule has 4 aliphatic rings. The molecule has 4 nitrogen and oxygen atoms in total. The molecule has 0 aromatic heterocycles. The van der Waals surface area contributed by atoms with Gasteiger partial charge < -0.3 is 14.8 Å². The Balaban J connectivity index is 1.68. The number of hydrogen-bond acceptors (Lipinski definition) is 4. The summed E-state index contributed by atoms with van der Waals surface area (Å²) in [7, 11) is 2.22. The molecule has 4 heteroatoms. The molecule has 3 heterocycles. The van der Waals surface area contributed by atoms with Crippen LogP contribution in [0.5, 0.6) is 0 Å². The maximum atomic E-state index is 11.9. The quantitative estimate of drug-likeness (QED) is 0.812. The highest BCUT2D eigenvalue weighted by atomic mass is 16.3. The Morgan fingerprint density at radius 1 is 1.30 bits per heavy atom. The van der Waals surface area contributed by atoms with E-state index >= 15 is 0 Å². The average Bonchev–Trinajstić information content (AvgIpc) is 3.05. The molecule has 2 saturated heterocycles. The number of piperidine rings is 2. The first kappa shape index (κ1) is 17.7. The zero-order valence-electron chi connectivity index (χ0n) is 16.7. The normalized spacial score (nSPS) is 42.9. The van der Waals surface area contributed by atoms with Gasteiger partial charge in [0.2, 0.25) is 0 Å². The van der Waals surface area contributed by atoms with E-state index in [1.54, 1.807) is 0 Å². The molecule has 7 unspecified atom stereocenters. The van der Waals surface area contributed by atoms with E-state index in [4.69, 9.17) is 0 Å². The average molecular weight is 369 g/mol. The lowest BCUT2D eigenvalue weighted by atomic mass is 9.67. The fourth-order valence-electron chi connectivity index (χ4n) is 7.69. The van der Waals surface area contributed by atoms with Crippen molar-refractivity contribution in [3.63, 3.8) is 0 Å². The predicted octanol–water partition coefficient (Wildman–Crippen LogP) is 2.83. The zero-order valence-corrected chi connectivity index (χ0v) is 16.7. The van der Waals surface area contributed by atoms with Gasteiger partial charge in [-0.3, -0.25) is 4.90 Å². The van der Waals surface area contributed by atoms with Crippen LogP contribution in [0.1, 0.15) is 45.1 Å². The van der Waals surface area contributed by atoms with Gasteiger partial charge in [0.1, 0.15) is 6.29 Å². The predicted molar refractivity (Wildman–Crippen MR) is 107 cm³/mol. The molecular weight excluding hydrogens is 336 g/mol. The van der Waals surface area contributed by atoms with Gasteiger partial charge in [0.05, 0.1) is 12.1 Å². The molecule has 1 aliphatic carbocycles. The van der Waals surface area contributed by atoms with Crippen molar-refractivity contribution < 1.29 is 9.90 Å². The van der Waals surface area contributed by atoms with Crippen LogP contribution in [0.2, 0.25) is 0 Å². The van der Waals surface area contributed by atoms with Crippen LogP contribution < -0.4 is 4.90 Å². The molecule has 5 rings (SSSR count). The van der Waals surface area contributed by atoms with E-state index in [-0.39, 0.29) is 23.4 Å². The van der Waals surface area contributed by atoms with Crippen LogP contribution in [0.4, 0.5) is 5.69 Å². The van der Waals surface area contributed by atoms with Crippen LogP contribution in [-0.2, 0) is 10.2 Å². The standard InChI is InChI=1S/C23H32N2O2/c1-4-10-25-18-11-15(14(5-2)13-26)20-19(25)12-23(22(20)27)16-8-6-7-9-17(16)24(3)21(18)23/h6-9,13-15,18-22,27H,4-5,10-12H2,1-3H3/t14?,15?,18?,19?,20?,21?,22-,23?/m1/s1. The summed E-state index contributed by atoms with van der Waals surface area (Å²) in [4.78, 5) is 17.0. The SMILES string of the molecule is CCCN1C2CC34c5ccccc5N(C)C3C1CC(C(C=O)CC)C2[C@H]4O. The fourth-order valence-corrected chi connectivity index (χ4v) is 7.69. The molecular formula is C23H32N2O2. The highest BCUT2D eigenvalue weighted by Gasteiger charge is 2.72. The van der Waals surface area contributed by atoms with Crippen molar-refractivity contribution in [1.82, 2.24) is 4.90 Å². The summed E-state index contributed by atoms with van der Waals surface area (Å²) in [5, 5.41) is 11.8. The van der Waals surface area contributed by atoms with Crippen molar-refractivity contribution in [3.8, 4) is 0 Å². The van der Waals surface area contributed by atoms with Gasteiger partial charge in [-0.25, -0.2) is 0 Å². The van der Waals surface area contributed by atoms with E-state index in [2.05, 4.69) is 55.0 Å². The number of anilines is 1. The van der Waals surface area contributed by atoms with Gasteiger partial charge in [-0.2, -0.15) is 0 Å². The molecule has 146 valence electrons. The van der Waals surface area contributed by atoms with E-state index in [1.807, 2.05) is 0 Å².